The number of para-hydroxylation sites is 1. The number of benzene rings is 1. The lowest BCUT2D eigenvalue weighted by atomic mass is 9.81. The molecule has 3 N–H and O–H groups in total. The summed E-state index contributed by atoms with van der Waals surface area (Å²) in [6.07, 6.45) is -0.332. The average molecular weight is 555 g/mol. The van der Waals surface area contributed by atoms with Crippen LogP contribution in [0.5, 0.6) is 5.75 Å². The van der Waals surface area contributed by atoms with Crippen LogP contribution in [0.1, 0.15) is 33.7 Å². The molecule has 2 heterocycles. The van der Waals surface area contributed by atoms with E-state index in [-0.39, 0.29) is 5.75 Å². The van der Waals surface area contributed by atoms with Gasteiger partial charge in [-0.3, -0.25) is 23.7 Å². The van der Waals surface area contributed by atoms with E-state index in [1.54, 1.807) is 39.0 Å². The first-order chi connectivity index (χ1) is 17.8. The number of nitrogens with one attached hydrogen (secondary N) is 2. The number of aromatic amines is 1. The summed E-state index contributed by atoms with van der Waals surface area (Å²) in [6.45, 7) is 5.30. The maximum atomic E-state index is 15.8. The Labute approximate surface area is 217 Å². The summed E-state index contributed by atoms with van der Waals surface area (Å²) < 4.78 is 52.6. The molecule has 14 heteroatoms. The smallest absolute Gasteiger partial charge is 0.459 e. The van der Waals surface area contributed by atoms with Gasteiger partial charge in [0.25, 0.3) is 5.56 Å². The Hall–Kier alpha value is -2.83. The van der Waals surface area contributed by atoms with Gasteiger partial charge in [0.2, 0.25) is 5.85 Å². The molecule has 1 aliphatic carbocycles. The van der Waals surface area contributed by atoms with Crippen LogP contribution in [-0.4, -0.2) is 57.9 Å². The SMILES string of the molecule is CC(C)OC(=O)[C@H](C)NP(=O)(OC[C@H]1OC2(F)C([C@@H]2n2ccc(=O)[nH]c2=O)C1(C)CO)Oc1ccccc1. The minimum atomic E-state index is -4.26. The number of ether oxygens (including phenoxy) is 2. The second kappa shape index (κ2) is 10.4. The number of rotatable bonds is 11. The number of aliphatic hydroxyl groups excluding tert-OH is 1. The highest BCUT2D eigenvalue weighted by atomic mass is 31.2. The molecule has 2 aliphatic rings. The van der Waals surface area contributed by atoms with Crippen molar-refractivity contribution in [3.63, 3.8) is 0 Å². The van der Waals surface area contributed by atoms with E-state index in [0.717, 1.165) is 10.6 Å². The summed E-state index contributed by atoms with van der Waals surface area (Å²) in [4.78, 5) is 38.0. The van der Waals surface area contributed by atoms with Crippen molar-refractivity contribution in [1.82, 2.24) is 14.6 Å². The zero-order valence-electron chi connectivity index (χ0n) is 21.3. The van der Waals surface area contributed by atoms with Crippen molar-refractivity contribution in [3.05, 3.63) is 63.4 Å². The Morgan fingerprint density at radius 3 is 2.55 bits per heavy atom. The van der Waals surface area contributed by atoms with Crippen LogP contribution in [0.25, 0.3) is 0 Å². The molecule has 2 aromatic rings. The van der Waals surface area contributed by atoms with Gasteiger partial charge in [0, 0.05) is 17.7 Å². The number of hydrogen-bond acceptors (Lipinski definition) is 9. The summed E-state index contributed by atoms with van der Waals surface area (Å²) in [5.74, 6) is -3.79. The molecular formula is C24H31FN3O9P. The van der Waals surface area contributed by atoms with Crippen molar-refractivity contribution in [1.29, 1.82) is 0 Å². The van der Waals surface area contributed by atoms with E-state index in [2.05, 4.69) is 10.1 Å². The van der Waals surface area contributed by atoms with Crippen molar-refractivity contribution in [2.24, 2.45) is 11.3 Å². The van der Waals surface area contributed by atoms with Crippen LogP contribution in [0.3, 0.4) is 0 Å². The lowest BCUT2D eigenvalue weighted by Gasteiger charge is -2.33. The van der Waals surface area contributed by atoms with Crippen LogP contribution in [0.2, 0.25) is 0 Å². The fraction of sp³-hybridized carbons (Fsp3) is 0.542. The number of aromatic nitrogens is 2. The first-order valence-electron chi connectivity index (χ1n) is 12.1. The van der Waals surface area contributed by atoms with Crippen LogP contribution in [0.15, 0.2) is 52.2 Å². The first kappa shape index (κ1) is 28.2. The van der Waals surface area contributed by atoms with Crippen molar-refractivity contribution < 1.29 is 37.4 Å². The highest BCUT2D eigenvalue weighted by molar-refractivity contribution is 7.52. The molecule has 2 fully saturated rings. The molecule has 1 saturated heterocycles. The highest BCUT2D eigenvalue weighted by Gasteiger charge is 2.82. The normalized spacial score (nSPS) is 30.3. The number of alkyl halides is 1. The minimum Gasteiger partial charge on any atom is -0.462 e. The zero-order valence-corrected chi connectivity index (χ0v) is 22.2. The number of fused-ring (bicyclic) bond motifs is 1. The van der Waals surface area contributed by atoms with Gasteiger partial charge in [-0.05, 0) is 32.9 Å². The van der Waals surface area contributed by atoms with Gasteiger partial charge in [-0.25, -0.2) is 13.8 Å². The Balaban J connectivity index is 1.53. The van der Waals surface area contributed by atoms with Crippen LogP contribution < -0.4 is 20.9 Å². The molecule has 12 nitrogen and oxygen atoms in total. The zero-order chi connectivity index (χ0) is 27.9. The molecule has 4 rings (SSSR count). The topological polar surface area (TPSA) is 158 Å². The second-order valence-electron chi connectivity index (χ2n) is 9.94. The van der Waals surface area contributed by atoms with Crippen molar-refractivity contribution in [2.75, 3.05) is 13.2 Å². The van der Waals surface area contributed by atoms with E-state index in [0.29, 0.717) is 0 Å². The Bertz CT molecular complexity index is 1340. The van der Waals surface area contributed by atoms with E-state index in [9.17, 15) is 24.1 Å². The predicted molar refractivity (Wildman–Crippen MR) is 132 cm³/mol. The van der Waals surface area contributed by atoms with E-state index >= 15 is 4.39 Å². The molecule has 0 spiro atoms. The van der Waals surface area contributed by atoms with E-state index < -0.39 is 79.7 Å². The van der Waals surface area contributed by atoms with Crippen molar-refractivity contribution in [2.45, 2.75) is 57.8 Å². The highest BCUT2D eigenvalue weighted by Crippen LogP contribution is 2.72. The third kappa shape index (κ3) is 5.34. The van der Waals surface area contributed by atoms with Gasteiger partial charge in [0.05, 0.1) is 31.3 Å². The number of H-pyrrole nitrogens is 1. The lowest BCUT2D eigenvalue weighted by molar-refractivity contribution is -0.149. The Morgan fingerprint density at radius 2 is 1.95 bits per heavy atom. The fourth-order valence-corrected chi connectivity index (χ4v) is 6.24. The van der Waals surface area contributed by atoms with Gasteiger partial charge in [0.1, 0.15) is 17.8 Å². The number of aliphatic hydroxyl groups is 1. The molecule has 38 heavy (non-hydrogen) atoms. The summed E-state index contributed by atoms with van der Waals surface area (Å²) in [5, 5.41) is 12.8. The molecule has 1 aromatic heterocycles. The number of halogens is 1. The average Bonchev–Trinajstić information content (AvgIpc) is 3.38. The lowest BCUT2D eigenvalue weighted by Crippen LogP contribution is -2.42. The predicted octanol–water partition coefficient (Wildman–Crippen LogP) is 1.90. The fourth-order valence-electron chi connectivity index (χ4n) is 4.75. The molecule has 1 saturated carbocycles. The minimum absolute atomic E-state index is 0.187. The van der Waals surface area contributed by atoms with Crippen LogP contribution >= 0.6 is 7.75 Å². The molecule has 208 valence electrons. The third-order valence-corrected chi connectivity index (χ3v) is 8.36. The van der Waals surface area contributed by atoms with Crippen LogP contribution in [0, 0.1) is 11.3 Å². The third-order valence-electron chi connectivity index (χ3n) is 6.72. The van der Waals surface area contributed by atoms with Crippen molar-refractivity contribution in [3.8, 4) is 5.75 Å². The van der Waals surface area contributed by atoms with Gasteiger partial charge >= 0.3 is 19.4 Å². The van der Waals surface area contributed by atoms with Crippen LogP contribution in [-0.2, 0) is 23.4 Å². The molecule has 0 radical (unpaired) electrons. The molecule has 0 bridgehead atoms. The maximum Gasteiger partial charge on any atom is 0.459 e. The number of nitrogens with zero attached hydrogens (tertiary/aromatic N) is 1. The Kier molecular flexibility index (Phi) is 7.70. The molecule has 0 amide bonds. The summed E-state index contributed by atoms with van der Waals surface area (Å²) in [6, 6.07) is 7.02. The number of carbonyl (C=O) groups is 1. The van der Waals surface area contributed by atoms with Gasteiger partial charge in [0.15, 0.2) is 0 Å². The molecule has 7 atom stereocenters. The summed E-state index contributed by atoms with van der Waals surface area (Å²) >= 11 is 0. The monoisotopic (exact) mass is 555 g/mol. The molecular weight excluding hydrogens is 524 g/mol. The summed E-state index contributed by atoms with van der Waals surface area (Å²) in [5.41, 5.74) is -2.69. The van der Waals surface area contributed by atoms with E-state index in [1.165, 1.54) is 25.3 Å². The number of carbonyl (C=O) groups excluding carboxylic acids is 1. The van der Waals surface area contributed by atoms with Crippen LogP contribution in [0.4, 0.5) is 4.39 Å². The van der Waals surface area contributed by atoms with Gasteiger partial charge in [-0.1, -0.05) is 25.1 Å². The van der Waals surface area contributed by atoms with Crippen molar-refractivity contribution >= 4 is 13.7 Å². The largest absolute Gasteiger partial charge is 0.462 e. The van der Waals surface area contributed by atoms with Gasteiger partial charge in [-0.2, -0.15) is 5.09 Å². The molecule has 1 aliphatic heterocycles. The van der Waals surface area contributed by atoms with E-state index in [4.69, 9.17) is 18.5 Å². The van der Waals surface area contributed by atoms with E-state index in [1.807, 2.05) is 0 Å². The van der Waals surface area contributed by atoms with Gasteiger partial charge < -0.3 is 19.1 Å². The first-order valence-corrected chi connectivity index (χ1v) is 13.6. The standard InChI is InChI=1S/C24H31FN3O9P/c1-14(2)35-21(31)15(3)27-38(33,37-16-8-6-5-7-9-16)34-12-17-23(4,13-29)19-20(24(19,25)36-17)28-11-10-18(30)26-22(28)32/h5-11,14-15,17,19-20,29H,12-13H2,1-4H3,(H,27,33)(H,26,30,32)/t15-,17+,19?,20-,23?,24?,38?/m0/s1. The second-order valence-corrected chi connectivity index (χ2v) is 11.6. The quantitative estimate of drug-likeness (QED) is 0.276. The van der Waals surface area contributed by atoms with Gasteiger partial charge in [-0.15, -0.1) is 0 Å². The molecule has 1 aromatic carbocycles. The maximum absolute atomic E-state index is 15.8. The summed E-state index contributed by atoms with van der Waals surface area (Å²) in [7, 11) is -4.26. The molecule has 4 unspecified atom stereocenters. The Morgan fingerprint density at radius 1 is 1.26 bits per heavy atom. The number of esters is 1. The number of hydrogen-bond donors (Lipinski definition) is 3.